The van der Waals surface area contributed by atoms with Gasteiger partial charge in [0.25, 0.3) is 0 Å². The minimum absolute atomic E-state index is 0.275. The molecule has 0 amide bonds. The summed E-state index contributed by atoms with van der Waals surface area (Å²) in [7, 11) is 0. The van der Waals surface area contributed by atoms with Crippen molar-refractivity contribution in [2.45, 2.75) is 45.1 Å². The van der Waals surface area contributed by atoms with Gasteiger partial charge in [-0.2, -0.15) is 0 Å². The Hall–Kier alpha value is -2.26. The SMILES string of the molecule is O=C(O)c1cc(Cl)ccc1Cc1ccc2c(ccn2CC2CCCCC2)c1. The van der Waals surface area contributed by atoms with Crippen LogP contribution in [0, 0.1) is 5.92 Å². The second-order valence-corrected chi connectivity index (χ2v) is 8.09. The lowest BCUT2D eigenvalue weighted by molar-refractivity contribution is 0.0696. The van der Waals surface area contributed by atoms with Crippen LogP contribution in [0.15, 0.2) is 48.7 Å². The third-order valence-corrected chi connectivity index (χ3v) is 5.95. The molecule has 2 aromatic carbocycles. The number of carboxylic acids is 1. The summed E-state index contributed by atoms with van der Waals surface area (Å²) in [4.78, 5) is 11.5. The largest absolute Gasteiger partial charge is 0.478 e. The molecule has 0 unspecified atom stereocenters. The third-order valence-electron chi connectivity index (χ3n) is 5.71. The number of aromatic carboxylic acids is 1. The Morgan fingerprint density at radius 3 is 2.67 bits per heavy atom. The molecule has 140 valence electrons. The van der Waals surface area contributed by atoms with Crippen LogP contribution >= 0.6 is 11.6 Å². The molecule has 27 heavy (non-hydrogen) atoms. The molecule has 0 radical (unpaired) electrons. The molecule has 1 aliphatic rings. The van der Waals surface area contributed by atoms with Gasteiger partial charge in [0.1, 0.15) is 0 Å². The summed E-state index contributed by atoms with van der Waals surface area (Å²) in [6.45, 7) is 1.10. The average molecular weight is 382 g/mol. The van der Waals surface area contributed by atoms with Gasteiger partial charge in [-0.15, -0.1) is 0 Å². The number of nitrogens with zero attached hydrogens (tertiary/aromatic N) is 1. The molecular weight excluding hydrogens is 358 g/mol. The van der Waals surface area contributed by atoms with E-state index in [9.17, 15) is 9.90 Å². The van der Waals surface area contributed by atoms with E-state index in [2.05, 4.69) is 35.0 Å². The first-order chi connectivity index (χ1) is 13.1. The number of carbonyl (C=O) groups is 1. The lowest BCUT2D eigenvalue weighted by Gasteiger charge is -2.22. The highest BCUT2D eigenvalue weighted by atomic mass is 35.5. The van der Waals surface area contributed by atoms with E-state index >= 15 is 0 Å². The maximum absolute atomic E-state index is 11.5. The molecule has 1 fully saturated rings. The highest BCUT2D eigenvalue weighted by molar-refractivity contribution is 6.31. The number of halogens is 1. The fraction of sp³-hybridized carbons (Fsp3) is 0.348. The number of benzene rings is 2. The predicted octanol–water partition coefficient (Wildman–Crippen LogP) is 6.16. The molecule has 1 aliphatic carbocycles. The summed E-state index contributed by atoms with van der Waals surface area (Å²) in [5.74, 6) is -0.145. The normalized spacial score (nSPS) is 15.3. The summed E-state index contributed by atoms with van der Waals surface area (Å²) in [6, 6.07) is 13.7. The van der Waals surface area contributed by atoms with E-state index in [-0.39, 0.29) is 5.56 Å². The van der Waals surface area contributed by atoms with E-state index in [1.165, 1.54) is 49.1 Å². The molecule has 3 nitrogen and oxygen atoms in total. The quantitative estimate of drug-likeness (QED) is 0.574. The Labute approximate surface area is 164 Å². The lowest BCUT2D eigenvalue weighted by Crippen LogP contribution is -2.13. The maximum Gasteiger partial charge on any atom is 0.336 e. The van der Waals surface area contributed by atoms with Crippen LogP contribution in [0.25, 0.3) is 10.9 Å². The first kappa shape index (κ1) is 18.1. The fourth-order valence-corrected chi connectivity index (χ4v) is 4.46. The fourth-order valence-electron chi connectivity index (χ4n) is 4.29. The zero-order valence-electron chi connectivity index (χ0n) is 15.3. The van der Waals surface area contributed by atoms with Gasteiger partial charge in [-0.05, 0) is 72.0 Å². The van der Waals surface area contributed by atoms with Crippen LogP contribution in [0.2, 0.25) is 5.02 Å². The minimum Gasteiger partial charge on any atom is -0.478 e. The Bertz CT molecular complexity index is 970. The number of carboxylic acid groups (broad SMARTS) is 1. The van der Waals surface area contributed by atoms with Gasteiger partial charge in [-0.25, -0.2) is 4.79 Å². The minimum atomic E-state index is -0.938. The Morgan fingerprint density at radius 2 is 1.89 bits per heavy atom. The first-order valence-electron chi connectivity index (χ1n) is 9.69. The van der Waals surface area contributed by atoms with Crippen LogP contribution in [-0.4, -0.2) is 15.6 Å². The number of hydrogen-bond acceptors (Lipinski definition) is 1. The van der Waals surface area contributed by atoms with Gasteiger partial charge in [-0.3, -0.25) is 0 Å². The third kappa shape index (κ3) is 4.03. The molecule has 0 saturated heterocycles. The summed E-state index contributed by atoms with van der Waals surface area (Å²) in [6.07, 6.45) is 9.56. The molecule has 1 aromatic heterocycles. The summed E-state index contributed by atoms with van der Waals surface area (Å²) >= 11 is 5.96. The Morgan fingerprint density at radius 1 is 1.07 bits per heavy atom. The number of aromatic nitrogens is 1. The molecule has 4 heteroatoms. The molecular formula is C23H24ClNO2. The van der Waals surface area contributed by atoms with E-state index in [0.29, 0.717) is 11.4 Å². The van der Waals surface area contributed by atoms with Crippen molar-refractivity contribution in [3.05, 3.63) is 70.4 Å². The predicted molar refractivity (Wildman–Crippen MR) is 110 cm³/mol. The van der Waals surface area contributed by atoms with Crippen LogP contribution in [0.1, 0.15) is 53.6 Å². The first-order valence-corrected chi connectivity index (χ1v) is 10.1. The van der Waals surface area contributed by atoms with Crippen LogP contribution in [0.5, 0.6) is 0 Å². The summed E-state index contributed by atoms with van der Waals surface area (Å²) < 4.78 is 2.38. The van der Waals surface area contributed by atoms with Gasteiger partial charge in [0, 0.05) is 23.3 Å². The number of rotatable bonds is 5. The molecule has 1 saturated carbocycles. The van der Waals surface area contributed by atoms with Crippen LogP contribution in [0.3, 0.4) is 0 Å². The van der Waals surface area contributed by atoms with E-state index < -0.39 is 5.97 Å². The second kappa shape index (κ2) is 7.77. The van der Waals surface area contributed by atoms with E-state index in [1.54, 1.807) is 6.07 Å². The van der Waals surface area contributed by atoms with Gasteiger partial charge in [0.15, 0.2) is 0 Å². The standard InChI is InChI=1S/C23H24ClNO2/c24-20-8-7-18(21(14-20)23(26)27)12-17-6-9-22-19(13-17)10-11-25(22)15-16-4-2-1-3-5-16/h6-11,13-14,16H,1-5,12,15H2,(H,26,27). The van der Waals surface area contributed by atoms with E-state index in [1.807, 2.05) is 6.07 Å². The molecule has 0 atom stereocenters. The smallest absolute Gasteiger partial charge is 0.336 e. The van der Waals surface area contributed by atoms with Crippen LogP contribution in [-0.2, 0) is 13.0 Å². The number of hydrogen-bond donors (Lipinski definition) is 1. The van der Waals surface area contributed by atoms with Crippen molar-refractivity contribution < 1.29 is 9.90 Å². The van der Waals surface area contributed by atoms with Gasteiger partial charge >= 0.3 is 5.97 Å². The van der Waals surface area contributed by atoms with E-state index in [0.717, 1.165) is 23.6 Å². The van der Waals surface area contributed by atoms with Crippen molar-refractivity contribution in [2.75, 3.05) is 0 Å². The monoisotopic (exact) mass is 381 g/mol. The van der Waals surface area contributed by atoms with Crippen molar-refractivity contribution in [3.63, 3.8) is 0 Å². The van der Waals surface area contributed by atoms with Crippen molar-refractivity contribution in [2.24, 2.45) is 5.92 Å². The Balaban J connectivity index is 1.57. The van der Waals surface area contributed by atoms with Crippen LogP contribution in [0.4, 0.5) is 0 Å². The number of fused-ring (bicyclic) bond motifs is 1. The summed E-state index contributed by atoms with van der Waals surface area (Å²) in [5, 5.41) is 11.1. The van der Waals surface area contributed by atoms with Gasteiger partial charge in [-0.1, -0.05) is 43.0 Å². The zero-order valence-corrected chi connectivity index (χ0v) is 16.1. The molecule has 0 aliphatic heterocycles. The van der Waals surface area contributed by atoms with Crippen molar-refractivity contribution in [1.29, 1.82) is 0 Å². The molecule has 0 bridgehead atoms. The Kier molecular flexibility index (Phi) is 5.22. The van der Waals surface area contributed by atoms with Crippen molar-refractivity contribution >= 4 is 28.5 Å². The highest BCUT2D eigenvalue weighted by Crippen LogP contribution is 2.28. The van der Waals surface area contributed by atoms with Crippen molar-refractivity contribution in [3.8, 4) is 0 Å². The topological polar surface area (TPSA) is 42.2 Å². The maximum atomic E-state index is 11.5. The molecule has 1 heterocycles. The van der Waals surface area contributed by atoms with E-state index in [4.69, 9.17) is 11.6 Å². The molecule has 3 aromatic rings. The summed E-state index contributed by atoms with van der Waals surface area (Å²) in [5.41, 5.74) is 3.44. The lowest BCUT2D eigenvalue weighted by atomic mass is 9.89. The highest BCUT2D eigenvalue weighted by Gasteiger charge is 2.15. The molecule has 4 rings (SSSR count). The average Bonchev–Trinajstić information content (AvgIpc) is 3.06. The van der Waals surface area contributed by atoms with Crippen LogP contribution < -0.4 is 0 Å². The zero-order chi connectivity index (χ0) is 18.8. The molecule has 1 N–H and O–H groups in total. The van der Waals surface area contributed by atoms with Gasteiger partial charge in [0.05, 0.1) is 5.56 Å². The molecule has 0 spiro atoms. The second-order valence-electron chi connectivity index (χ2n) is 7.65. The van der Waals surface area contributed by atoms with Crippen molar-refractivity contribution in [1.82, 2.24) is 4.57 Å². The van der Waals surface area contributed by atoms with Gasteiger partial charge in [0.2, 0.25) is 0 Å². The van der Waals surface area contributed by atoms with Gasteiger partial charge < -0.3 is 9.67 Å².